The summed E-state index contributed by atoms with van der Waals surface area (Å²) >= 11 is 0. The summed E-state index contributed by atoms with van der Waals surface area (Å²) in [6.45, 7) is 4.15. The Morgan fingerprint density at radius 3 is 2.85 bits per heavy atom. The van der Waals surface area contributed by atoms with E-state index in [4.69, 9.17) is 15.7 Å². The van der Waals surface area contributed by atoms with Crippen molar-refractivity contribution in [3.8, 4) is 6.07 Å². The van der Waals surface area contributed by atoms with Gasteiger partial charge < -0.3 is 20.7 Å². The summed E-state index contributed by atoms with van der Waals surface area (Å²) in [6, 6.07) is 6.69. The van der Waals surface area contributed by atoms with E-state index in [-0.39, 0.29) is 5.91 Å². The average Bonchev–Trinajstić information content (AvgIpc) is 2.49. The molecule has 1 aromatic carbocycles. The lowest BCUT2D eigenvalue weighted by Crippen LogP contribution is -2.47. The number of carbonyl (C=O) groups excluding carboxylic acids is 1. The molecule has 2 rings (SSSR count). The molecule has 106 valence electrons. The molecule has 6 nitrogen and oxygen atoms in total. The first-order chi connectivity index (χ1) is 9.61. The molecule has 1 atom stereocenters. The Labute approximate surface area is 118 Å². The summed E-state index contributed by atoms with van der Waals surface area (Å²) in [6.07, 6.45) is 0. The lowest BCUT2D eigenvalue weighted by Gasteiger charge is -2.29. The summed E-state index contributed by atoms with van der Waals surface area (Å²) in [5, 5.41) is 12.2. The van der Waals surface area contributed by atoms with Gasteiger partial charge in [0.2, 0.25) is 5.91 Å². The van der Waals surface area contributed by atoms with Crippen LogP contribution in [-0.2, 0) is 9.53 Å². The molecule has 1 unspecified atom stereocenters. The largest absolute Gasteiger partial charge is 0.399 e. The predicted octanol–water partition coefficient (Wildman–Crippen LogP) is 0.800. The molecule has 0 aromatic heterocycles. The van der Waals surface area contributed by atoms with Crippen LogP contribution < -0.4 is 11.1 Å². The zero-order valence-electron chi connectivity index (χ0n) is 11.4. The molecule has 0 aliphatic carbocycles. The lowest BCUT2D eigenvalue weighted by molar-refractivity contribution is -0.135. The Morgan fingerprint density at radius 2 is 2.20 bits per heavy atom. The Morgan fingerprint density at radius 1 is 1.50 bits per heavy atom. The third kappa shape index (κ3) is 3.19. The third-order valence-electron chi connectivity index (χ3n) is 3.23. The van der Waals surface area contributed by atoms with E-state index in [9.17, 15) is 4.79 Å². The van der Waals surface area contributed by atoms with Gasteiger partial charge in [-0.05, 0) is 25.1 Å². The minimum Gasteiger partial charge on any atom is -0.399 e. The van der Waals surface area contributed by atoms with Crippen molar-refractivity contribution in [2.75, 3.05) is 37.4 Å². The number of benzene rings is 1. The van der Waals surface area contributed by atoms with Gasteiger partial charge in [-0.15, -0.1) is 0 Å². The summed E-state index contributed by atoms with van der Waals surface area (Å²) in [5.41, 5.74) is 7.23. The van der Waals surface area contributed by atoms with Gasteiger partial charge in [-0.2, -0.15) is 5.26 Å². The highest BCUT2D eigenvalue weighted by atomic mass is 16.5. The molecule has 1 aliphatic heterocycles. The van der Waals surface area contributed by atoms with E-state index in [2.05, 4.69) is 11.4 Å². The molecule has 1 heterocycles. The molecule has 1 aromatic rings. The molecular formula is C14H18N4O2. The number of amides is 1. The van der Waals surface area contributed by atoms with Gasteiger partial charge >= 0.3 is 0 Å². The second-order valence-corrected chi connectivity index (χ2v) is 4.72. The van der Waals surface area contributed by atoms with Crippen molar-refractivity contribution in [2.45, 2.75) is 13.0 Å². The molecule has 0 radical (unpaired) electrons. The molecule has 1 aliphatic rings. The number of nitriles is 1. The number of hydrogen-bond acceptors (Lipinski definition) is 5. The minimum atomic E-state index is -0.399. The zero-order valence-corrected chi connectivity index (χ0v) is 11.4. The van der Waals surface area contributed by atoms with Crippen molar-refractivity contribution in [3.05, 3.63) is 23.8 Å². The maximum Gasteiger partial charge on any atom is 0.244 e. The van der Waals surface area contributed by atoms with E-state index >= 15 is 0 Å². The van der Waals surface area contributed by atoms with Crippen LogP contribution in [0.5, 0.6) is 0 Å². The highest BCUT2D eigenvalue weighted by Gasteiger charge is 2.22. The number of carbonyl (C=O) groups is 1. The summed E-state index contributed by atoms with van der Waals surface area (Å²) < 4.78 is 5.23. The van der Waals surface area contributed by atoms with Crippen LogP contribution in [0.4, 0.5) is 11.4 Å². The molecule has 0 bridgehead atoms. The van der Waals surface area contributed by atoms with Gasteiger partial charge in [0, 0.05) is 18.8 Å². The topological polar surface area (TPSA) is 91.4 Å². The molecule has 20 heavy (non-hydrogen) atoms. The second-order valence-electron chi connectivity index (χ2n) is 4.72. The number of ether oxygens (including phenoxy) is 1. The Balaban J connectivity index is 2.05. The number of hydrogen-bond donors (Lipinski definition) is 2. The number of morpholine rings is 1. The molecular weight excluding hydrogens is 256 g/mol. The normalized spacial score (nSPS) is 16.3. The Hall–Kier alpha value is -2.26. The first-order valence-corrected chi connectivity index (χ1v) is 6.54. The van der Waals surface area contributed by atoms with Crippen LogP contribution in [0.2, 0.25) is 0 Å². The number of anilines is 2. The fourth-order valence-corrected chi connectivity index (χ4v) is 2.13. The first-order valence-electron chi connectivity index (χ1n) is 6.54. The zero-order chi connectivity index (χ0) is 14.5. The van der Waals surface area contributed by atoms with Crippen LogP contribution in [0, 0.1) is 11.3 Å². The highest BCUT2D eigenvalue weighted by molar-refractivity contribution is 5.85. The summed E-state index contributed by atoms with van der Waals surface area (Å²) in [4.78, 5) is 14.0. The van der Waals surface area contributed by atoms with Crippen LogP contribution in [0.1, 0.15) is 12.5 Å². The molecule has 0 saturated carbocycles. The standard InChI is InChI=1S/C14H18N4O2/c1-10(14(19)18-4-6-20-7-5-18)17-13-3-2-12(16)8-11(13)9-15/h2-3,8,10,17H,4-7,16H2,1H3. The predicted molar refractivity (Wildman–Crippen MR) is 76.1 cm³/mol. The summed E-state index contributed by atoms with van der Waals surface area (Å²) in [5.74, 6) is 0.00835. The van der Waals surface area contributed by atoms with Crippen LogP contribution >= 0.6 is 0 Å². The second kappa shape index (κ2) is 6.26. The van der Waals surface area contributed by atoms with Crippen LogP contribution in [0.15, 0.2) is 18.2 Å². The molecule has 1 fully saturated rings. The molecule has 0 spiro atoms. The van der Waals surface area contributed by atoms with Gasteiger partial charge in [0.1, 0.15) is 12.1 Å². The highest BCUT2D eigenvalue weighted by Crippen LogP contribution is 2.19. The lowest BCUT2D eigenvalue weighted by atomic mass is 10.1. The smallest absolute Gasteiger partial charge is 0.244 e. The van der Waals surface area contributed by atoms with E-state index in [1.807, 2.05) is 0 Å². The first kappa shape index (κ1) is 14.2. The maximum atomic E-state index is 12.3. The van der Waals surface area contributed by atoms with E-state index in [0.29, 0.717) is 43.2 Å². The van der Waals surface area contributed by atoms with Crippen LogP contribution in [-0.4, -0.2) is 43.2 Å². The van der Waals surface area contributed by atoms with Gasteiger partial charge in [0.05, 0.1) is 24.5 Å². The van der Waals surface area contributed by atoms with Gasteiger partial charge in [-0.3, -0.25) is 4.79 Å². The van der Waals surface area contributed by atoms with E-state index in [1.54, 1.807) is 30.0 Å². The number of rotatable bonds is 3. The van der Waals surface area contributed by atoms with Crippen molar-refractivity contribution < 1.29 is 9.53 Å². The Bertz CT molecular complexity index is 532. The number of nitrogens with two attached hydrogens (primary N) is 1. The maximum absolute atomic E-state index is 12.3. The van der Waals surface area contributed by atoms with Crippen molar-refractivity contribution in [2.24, 2.45) is 0 Å². The SMILES string of the molecule is CC(Nc1ccc(N)cc1C#N)C(=O)N1CCOCC1. The van der Waals surface area contributed by atoms with Crippen molar-refractivity contribution in [3.63, 3.8) is 0 Å². The molecule has 6 heteroatoms. The van der Waals surface area contributed by atoms with E-state index in [1.165, 1.54) is 0 Å². The van der Waals surface area contributed by atoms with Crippen molar-refractivity contribution >= 4 is 17.3 Å². The van der Waals surface area contributed by atoms with Crippen LogP contribution in [0.3, 0.4) is 0 Å². The van der Waals surface area contributed by atoms with Gasteiger partial charge in [-0.1, -0.05) is 0 Å². The van der Waals surface area contributed by atoms with E-state index in [0.717, 1.165) is 0 Å². The Kier molecular flexibility index (Phi) is 4.43. The van der Waals surface area contributed by atoms with Crippen LogP contribution in [0.25, 0.3) is 0 Å². The number of nitrogen functional groups attached to an aromatic ring is 1. The van der Waals surface area contributed by atoms with Gasteiger partial charge in [0.15, 0.2) is 0 Å². The van der Waals surface area contributed by atoms with Gasteiger partial charge in [-0.25, -0.2) is 0 Å². The van der Waals surface area contributed by atoms with E-state index < -0.39 is 6.04 Å². The summed E-state index contributed by atoms with van der Waals surface area (Å²) in [7, 11) is 0. The fraction of sp³-hybridized carbons (Fsp3) is 0.429. The third-order valence-corrected chi connectivity index (χ3v) is 3.23. The fourth-order valence-electron chi connectivity index (χ4n) is 2.13. The van der Waals surface area contributed by atoms with Crippen molar-refractivity contribution in [1.29, 1.82) is 5.26 Å². The van der Waals surface area contributed by atoms with Crippen molar-refractivity contribution in [1.82, 2.24) is 4.90 Å². The van der Waals surface area contributed by atoms with Gasteiger partial charge in [0.25, 0.3) is 0 Å². The average molecular weight is 274 g/mol. The quantitative estimate of drug-likeness (QED) is 0.795. The monoisotopic (exact) mass is 274 g/mol. The minimum absolute atomic E-state index is 0.00835. The molecule has 1 saturated heterocycles. The number of nitrogens with one attached hydrogen (secondary N) is 1. The number of nitrogens with zero attached hydrogens (tertiary/aromatic N) is 2. The molecule has 1 amide bonds. The molecule has 3 N–H and O–H groups in total.